The van der Waals surface area contributed by atoms with Crippen LogP contribution in [0.2, 0.25) is 0 Å². The van der Waals surface area contributed by atoms with Crippen molar-refractivity contribution >= 4 is 11.8 Å². The average molecular weight is 389 g/mol. The van der Waals surface area contributed by atoms with E-state index in [-0.39, 0.29) is 18.9 Å². The fraction of sp³-hybridized carbons (Fsp3) is 0.174. The second kappa shape index (κ2) is 10.6. The first-order valence-electron chi connectivity index (χ1n) is 9.42. The van der Waals surface area contributed by atoms with Gasteiger partial charge in [0.2, 0.25) is 5.91 Å². The minimum atomic E-state index is -0.422. The number of rotatable bonds is 8. The van der Waals surface area contributed by atoms with Crippen LogP contribution in [0.5, 0.6) is 5.75 Å². The van der Waals surface area contributed by atoms with Gasteiger partial charge < -0.3 is 4.74 Å². The Labute approximate surface area is 169 Å². The van der Waals surface area contributed by atoms with Crippen molar-refractivity contribution in [2.45, 2.75) is 19.3 Å². The Morgan fingerprint density at radius 2 is 1.55 bits per heavy atom. The van der Waals surface area contributed by atoms with Crippen molar-refractivity contribution in [1.29, 1.82) is 0 Å². The summed E-state index contributed by atoms with van der Waals surface area (Å²) in [6.07, 6.45) is 4.92. The molecule has 3 aromatic rings. The van der Waals surface area contributed by atoms with Gasteiger partial charge in [0.1, 0.15) is 5.75 Å². The highest BCUT2D eigenvalue weighted by Gasteiger charge is 2.09. The number of pyridine rings is 1. The number of hydrazine groups is 1. The van der Waals surface area contributed by atoms with E-state index in [1.807, 2.05) is 66.7 Å². The molecule has 0 unspecified atom stereocenters. The second-order valence-electron chi connectivity index (χ2n) is 6.52. The molecule has 148 valence electrons. The summed E-state index contributed by atoms with van der Waals surface area (Å²) in [5.74, 6) is -0.0460. The molecule has 29 heavy (non-hydrogen) atoms. The number of amides is 2. The summed E-state index contributed by atoms with van der Waals surface area (Å²) >= 11 is 0. The number of hydrogen-bond acceptors (Lipinski definition) is 4. The first-order chi connectivity index (χ1) is 14.2. The monoisotopic (exact) mass is 389 g/mol. The smallest absolute Gasteiger partial charge is 0.276 e. The number of ether oxygens (including phenoxy) is 1. The number of carbonyl (C=O) groups excluding carboxylic acids is 2. The molecular weight excluding hydrogens is 366 g/mol. The van der Waals surface area contributed by atoms with Crippen molar-refractivity contribution in [3.63, 3.8) is 0 Å². The molecule has 0 atom stereocenters. The van der Waals surface area contributed by atoms with Gasteiger partial charge in [-0.15, -0.1) is 0 Å². The highest BCUT2D eigenvalue weighted by atomic mass is 16.5. The van der Waals surface area contributed by atoms with E-state index in [1.54, 1.807) is 12.4 Å². The van der Waals surface area contributed by atoms with Gasteiger partial charge in [0.15, 0.2) is 6.61 Å². The van der Waals surface area contributed by atoms with Crippen LogP contribution in [0.3, 0.4) is 0 Å². The molecule has 0 saturated carbocycles. The predicted molar refractivity (Wildman–Crippen MR) is 110 cm³/mol. The predicted octanol–water partition coefficient (Wildman–Crippen LogP) is 2.83. The zero-order chi connectivity index (χ0) is 20.3. The van der Waals surface area contributed by atoms with Gasteiger partial charge in [-0.3, -0.25) is 25.4 Å². The van der Waals surface area contributed by atoms with Crippen molar-refractivity contribution in [1.82, 2.24) is 15.8 Å². The van der Waals surface area contributed by atoms with Crippen LogP contribution in [0.4, 0.5) is 0 Å². The number of aromatic nitrogens is 1. The Balaban J connectivity index is 1.43. The van der Waals surface area contributed by atoms with E-state index in [9.17, 15) is 9.59 Å². The minimum Gasteiger partial charge on any atom is -0.483 e. The van der Waals surface area contributed by atoms with Crippen LogP contribution in [-0.2, 0) is 22.4 Å². The molecular formula is C23H23N3O3. The van der Waals surface area contributed by atoms with Crippen LogP contribution in [0.15, 0.2) is 79.1 Å². The summed E-state index contributed by atoms with van der Waals surface area (Å²) in [7, 11) is 0. The summed E-state index contributed by atoms with van der Waals surface area (Å²) < 4.78 is 5.66. The number of nitrogens with one attached hydrogen (secondary N) is 2. The fourth-order valence-corrected chi connectivity index (χ4v) is 2.79. The largest absolute Gasteiger partial charge is 0.483 e. The van der Waals surface area contributed by atoms with Crippen LogP contribution in [0.25, 0.3) is 0 Å². The van der Waals surface area contributed by atoms with Gasteiger partial charge in [0.05, 0.1) is 0 Å². The third kappa shape index (κ3) is 6.77. The van der Waals surface area contributed by atoms with Crippen molar-refractivity contribution in [3.8, 4) is 5.75 Å². The molecule has 2 amide bonds. The van der Waals surface area contributed by atoms with Gasteiger partial charge >= 0.3 is 0 Å². The van der Waals surface area contributed by atoms with Crippen molar-refractivity contribution in [2.75, 3.05) is 6.61 Å². The van der Waals surface area contributed by atoms with Crippen LogP contribution in [0.1, 0.15) is 23.1 Å². The van der Waals surface area contributed by atoms with Crippen molar-refractivity contribution in [3.05, 3.63) is 95.8 Å². The third-order valence-electron chi connectivity index (χ3n) is 4.27. The molecule has 1 heterocycles. The number of aryl methyl sites for hydroxylation is 1. The van der Waals surface area contributed by atoms with Gasteiger partial charge in [-0.2, -0.15) is 0 Å². The van der Waals surface area contributed by atoms with Crippen molar-refractivity contribution < 1.29 is 14.3 Å². The average Bonchev–Trinajstić information content (AvgIpc) is 2.77. The molecule has 0 aliphatic heterocycles. The molecule has 3 rings (SSSR count). The molecule has 0 saturated heterocycles. The van der Waals surface area contributed by atoms with Crippen LogP contribution in [0, 0.1) is 0 Å². The topological polar surface area (TPSA) is 80.3 Å². The van der Waals surface area contributed by atoms with Crippen molar-refractivity contribution in [2.24, 2.45) is 0 Å². The van der Waals surface area contributed by atoms with Crippen LogP contribution >= 0.6 is 0 Å². The zero-order valence-corrected chi connectivity index (χ0v) is 16.0. The lowest BCUT2D eigenvalue weighted by Gasteiger charge is -2.12. The van der Waals surface area contributed by atoms with E-state index in [4.69, 9.17) is 4.74 Å². The standard InChI is InChI=1S/C23H23N3O3/c27-22(13-12-19-9-6-14-24-16-19)25-26-23(28)17-29-21-11-5-4-10-20(21)15-18-7-2-1-3-8-18/h1-11,14,16H,12-13,15,17H2,(H,25,27)(H,26,28). The summed E-state index contributed by atoms with van der Waals surface area (Å²) in [6.45, 7) is -0.186. The Kier molecular flexibility index (Phi) is 7.34. The molecule has 2 aromatic carbocycles. The highest BCUT2D eigenvalue weighted by Crippen LogP contribution is 2.21. The molecule has 0 radical (unpaired) electrons. The number of carbonyl (C=O) groups is 2. The second-order valence-corrected chi connectivity index (χ2v) is 6.52. The first-order valence-corrected chi connectivity index (χ1v) is 9.42. The lowest BCUT2D eigenvalue weighted by molar-refractivity contribution is -0.130. The van der Waals surface area contributed by atoms with E-state index in [0.717, 1.165) is 16.7 Å². The maximum absolute atomic E-state index is 12.0. The number of hydrogen-bond donors (Lipinski definition) is 2. The van der Waals surface area contributed by atoms with Gasteiger partial charge in [-0.25, -0.2) is 0 Å². The van der Waals surface area contributed by atoms with E-state index in [2.05, 4.69) is 15.8 Å². The highest BCUT2D eigenvalue weighted by molar-refractivity contribution is 5.82. The lowest BCUT2D eigenvalue weighted by Crippen LogP contribution is -2.43. The molecule has 0 spiro atoms. The molecule has 0 aliphatic carbocycles. The zero-order valence-electron chi connectivity index (χ0n) is 16.0. The Morgan fingerprint density at radius 3 is 2.34 bits per heavy atom. The Bertz CT molecular complexity index is 930. The quantitative estimate of drug-likeness (QED) is 0.581. The van der Waals surface area contributed by atoms with E-state index < -0.39 is 5.91 Å². The summed E-state index contributed by atoms with van der Waals surface area (Å²) in [5, 5.41) is 0. The normalized spacial score (nSPS) is 10.2. The summed E-state index contributed by atoms with van der Waals surface area (Å²) in [5.41, 5.74) is 7.90. The third-order valence-corrected chi connectivity index (χ3v) is 4.27. The molecule has 6 heteroatoms. The summed E-state index contributed by atoms with van der Waals surface area (Å²) in [6, 6.07) is 21.4. The van der Waals surface area contributed by atoms with E-state index >= 15 is 0 Å². The molecule has 0 fully saturated rings. The maximum Gasteiger partial charge on any atom is 0.276 e. The Morgan fingerprint density at radius 1 is 0.828 bits per heavy atom. The first kappa shape index (κ1) is 20.1. The molecule has 6 nitrogen and oxygen atoms in total. The minimum absolute atomic E-state index is 0.186. The number of nitrogens with zero attached hydrogens (tertiary/aromatic N) is 1. The lowest BCUT2D eigenvalue weighted by atomic mass is 10.0. The molecule has 2 N–H and O–H groups in total. The number of para-hydroxylation sites is 1. The molecule has 1 aromatic heterocycles. The Hall–Kier alpha value is -3.67. The van der Waals surface area contributed by atoms with Crippen LogP contribution in [-0.4, -0.2) is 23.4 Å². The van der Waals surface area contributed by atoms with E-state index in [0.29, 0.717) is 18.6 Å². The van der Waals surface area contributed by atoms with Gasteiger partial charge in [0.25, 0.3) is 5.91 Å². The molecule has 0 bridgehead atoms. The van der Waals surface area contributed by atoms with E-state index in [1.165, 1.54) is 0 Å². The number of benzene rings is 2. The summed E-state index contributed by atoms with van der Waals surface area (Å²) in [4.78, 5) is 27.9. The van der Waals surface area contributed by atoms with Crippen LogP contribution < -0.4 is 15.6 Å². The fourth-order valence-electron chi connectivity index (χ4n) is 2.79. The SMILES string of the molecule is O=C(CCc1cccnc1)NNC(=O)COc1ccccc1Cc1ccccc1. The van der Waals surface area contributed by atoms with Gasteiger partial charge in [0, 0.05) is 25.2 Å². The van der Waals surface area contributed by atoms with Gasteiger partial charge in [-0.05, 0) is 35.2 Å². The van der Waals surface area contributed by atoms with Gasteiger partial charge in [-0.1, -0.05) is 54.6 Å². The maximum atomic E-state index is 12.0. The molecule has 0 aliphatic rings.